The molecular weight excluding hydrogens is 571 g/mol. The molecule has 0 amide bonds. The molecule has 0 saturated heterocycles. The molecule has 0 fully saturated rings. The van der Waals surface area contributed by atoms with Gasteiger partial charge in [-0.3, -0.25) is 10.1 Å². The van der Waals surface area contributed by atoms with Crippen molar-refractivity contribution in [3.63, 3.8) is 0 Å². The number of pyridine rings is 1. The predicted octanol–water partition coefficient (Wildman–Crippen LogP) is 7.28. The fraction of sp³-hybridized carbons (Fsp3) is 0.375. The number of hydrogen-bond acceptors (Lipinski definition) is 7. The minimum Gasteiger partial charge on any atom is -0.361 e. The highest BCUT2D eigenvalue weighted by Crippen LogP contribution is 2.31. The average Bonchev–Trinajstić information content (AvgIpc) is 3.66. The quantitative estimate of drug-likeness (QED) is 0.0799. The molecule has 5 rings (SSSR count). The average molecular weight is 614 g/mol. The van der Waals surface area contributed by atoms with E-state index in [2.05, 4.69) is 72.6 Å². The molecule has 9 nitrogen and oxygen atoms in total. The monoisotopic (exact) mass is 613 g/mol. The first-order valence-corrected chi connectivity index (χ1v) is 22.3. The van der Waals surface area contributed by atoms with Crippen molar-refractivity contribution in [1.29, 1.82) is 0 Å². The van der Waals surface area contributed by atoms with Crippen molar-refractivity contribution in [2.24, 2.45) is 0 Å². The van der Waals surface area contributed by atoms with E-state index in [1.54, 1.807) is 6.20 Å². The van der Waals surface area contributed by atoms with Crippen LogP contribution in [0.2, 0.25) is 51.4 Å². The van der Waals surface area contributed by atoms with E-state index in [4.69, 9.17) is 24.5 Å². The van der Waals surface area contributed by atoms with Gasteiger partial charge in [-0.05, 0) is 18.2 Å². The van der Waals surface area contributed by atoms with E-state index in [9.17, 15) is 0 Å². The molecule has 0 aliphatic carbocycles. The Balaban J connectivity index is 1.50. The van der Waals surface area contributed by atoms with Gasteiger partial charge in [-0.2, -0.15) is 14.7 Å². The summed E-state index contributed by atoms with van der Waals surface area (Å²) < 4.78 is 14.4. The van der Waals surface area contributed by atoms with Crippen molar-refractivity contribution >= 4 is 27.6 Å². The van der Waals surface area contributed by atoms with Gasteiger partial charge in [-0.1, -0.05) is 75.7 Å². The molecule has 5 aromatic rings. The summed E-state index contributed by atoms with van der Waals surface area (Å²) >= 11 is 0. The summed E-state index contributed by atoms with van der Waals surface area (Å²) in [6, 6.07) is 18.5. The first kappa shape index (κ1) is 30.8. The lowest BCUT2D eigenvalue weighted by Crippen LogP contribution is -2.33. The van der Waals surface area contributed by atoms with Gasteiger partial charge in [0.2, 0.25) is 0 Å². The van der Waals surface area contributed by atoms with Crippen LogP contribution in [0.5, 0.6) is 0 Å². The topological polar surface area (TPSA) is 93.5 Å². The van der Waals surface area contributed by atoms with E-state index >= 15 is 0 Å². The molecule has 0 unspecified atom stereocenters. The van der Waals surface area contributed by atoms with E-state index in [0.29, 0.717) is 26.7 Å². The molecule has 11 heteroatoms. The Morgan fingerprint density at radius 3 is 2.05 bits per heavy atom. The van der Waals surface area contributed by atoms with Crippen LogP contribution in [0.1, 0.15) is 0 Å². The van der Waals surface area contributed by atoms with Crippen LogP contribution < -0.4 is 4.90 Å². The normalized spacial score (nSPS) is 12.2. The first-order chi connectivity index (χ1) is 20.6. The summed E-state index contributed by atoms with van der Waals surface area (Å²) in [5.41, 5.74) is 6.27. The van der Waals surface area contributed by atoms with Crippen LogP contribution in [-0.4, -0.2) is 72.6 Å². The maximum absolute atomic E-state index is 6.25. The maximum Gasteiger partial charge on any atom is 0.165 e. The number of ether oxygens (including phenoxy) is 2. The minimum atomic E-state index is -1.22. The third-order valence-electron chi connectivity index (χ3n) is 7.20. The van der Waals surface area contributed by atoms with Crippen molar-refractivity contribution < 1.29 is 9.47 Å². The van der Waals surface area contributed by atoms with Crippen molar-refractivity contribution in [3.05, 3.63) is 73.3 Å². The van der Waals surface area contributed by atoms with Crippen LogP contribution >= 0.6 is 0 Å². The van der Waals surface area contributed by atoms with E-state index in [0.717, 1.165) is 57.2 Å². The Hall–Kier alpha value is -3.65. The summed E-state index contributed by atoms with van der Waals surface area (Å²) in [6.07, 6.45) is 7.39. The summed E-state index contributed by atoms with van der Waals surface area (Å²) in [4.78, 5) is 11.9. The Morgan fingerprint density at radius 1 is 0.767 bits per heavy atom. The third kappa shape index (κ3) is 8.26. The molecule has 0 radical (unpaired) electrons. The number of fused-ring (bicyclic) bond motifs is 1. The number of aromatic amines is 1. The first-order valence-electron chi connectivity index (χ1n) is 14.9. The molecule has 0 aliphatic heterocycles. The van der Waals surface area contributed by atoms with Crippen LogP contribution in [0, 0.1) is 0 Å². The van der Waals surface area contributed by atoms with Crippen LogP contribution in [0.4, 0.5) is 5.82 Å². The van der Waals surface area contributed by atoms with Crippen LogP contribution in [0.3, 0.4) is 0 Å². The molecule has 1 aromatic carbocycles. The number of H-pyrrole nitrogens is 1. The highest BCUT2D eigenvalue weighted by Gasteiger charge is 2.21. The van der Waals surface area contributed by atoms with Gasteiger partial charge < -0.3 is 14.4 Å². The second-order valence-electron chi connectivity index (χ2n) is 13.3. The summed E-state index contributed by atoms with van der Waals surface area (Å²) in [5, 5.41) is 11.9. The molecule has 226 valence electrons. The van der Waals surface area contributed by atoms with Gasteiger partial charge in [0.15, 0.2) is 5.65 Å². The Labute approximate surface area is 256 Å². The summed E-state index contributed by atoms with van der Waals surface area (Å²) in [6.45, 7) is 16.4. The van der Waals surface area contributed by atoms with Gasteiger partial charge in [0.1, 0.15) is 19.3 Å². The number of benzene rings is 1. The molecular formula is C32H43N7O2Si2. The molecule has 0 atom stereocenters. The fourth-order valence-electron chi connectivity index (χ4n) is 4.52. The van der Waals surface area contributed by atoms with Crippen molar-refractivity contribution in [2.45, 2.75) is 51.4 Å². The largest absolute Gasteiger partial charge is 0.361 e. The van der Waals surface area contributed by atoms with Crippen LogP contribution in [0.15, 0.2) is 73.3 Å². The number of rotatable bonds is 14. The highest BCUT2D eigenvalue weighted by molar-refractivity contribution is 6.76. The zero-order valence-corrected chi connectivity index (χ0v) is 28.2. The second kappa shape index (κ2) is 13.3. The fourth-order valence-corrected chi connectivity index (χ4v) is 6.04. The van der Waals surface area contributed by atoms with Crippen LogP contribution in [-0.2, 0) is 9.47 Å². The van der Waals surface area contributed by atoms with Crippen LogP contribution in [0.25, 0.3) is 39.3 Å². The maximum atomic E-state index is 6.25. The minimum absolute atomic E-state index is 0.393. The van der Waals surface area contributed by atoms with Crippen molar-refractivity contribution in [1.82, 2.24) is 29.8 Å². The van der Waals surface area contributed by atoms with Crippen molar-refractivity contribution in [2.75, 3.05) is 31.6 Å². The lowest BCUT2D eigenvalue weighted by atomic mass is 10.1. The van der Waals surface area contributed by atoms with Gasteiger partial charge in [0.05, 0.1) is 23.8 Å². The Kier molecular flexibility index (Phi) is 9.55. The number of anilines is 1. The SMILES string of the molecule is C[Si](C)(C)CCOCN(COCC[Si](C)(C)C)c1cc(-c2cn[nH]c2)nc2c(-c3ccc(-c4ccccc4)nc3)cnn12. The summed E-state index contributed by atoms with van der Waals surface area (Å²) in [5.74, 6) is 0.849. The lowest BCUT2D eigenvalue weighted by Gasteiger charge is -2.26. The molecule has 0 saturated carbocycles. The zero-order chi connectivity index (χ0) is 30.5. The zero-order valence-electron chi connectivity index (χ0n) is 26.2. The Bertz CT molecular complexity index is 1570. The predicted molar refractivity (Wildman–Crippen MR) is 180 cm³/mol. The standard InChI is InChI=1S/C32H43N7O2Si2/c1-42(2,3)16-14-40-23-38(24-41-15-17-43(4,5)6)31-18-30(27-20-34-35-21-27)37-32-28(22-36-39(31)32)26-12-13-29(33-19-26)25-10-8-7-9-11-25/h7-13,18-22H,14-17,23-24H2,1-6H3,(H,34,35). The number of hydrogen-bond donors (Lipinski definition) is 1. The van der Waals surface area contributed by atoms with E-state index < -0.39 is 16.1 Å². The van der Waals surface area contributed by atoms with E-state index in [1.165, 1.54) is 0 Å². The lowest BCUT2D eigenvalue weighted by molar-refractivity contribution is 0.0943. The molecule has 0 aliphatic rings. The summed E-state index contributed by atoms with van der Waals surface area (Å²) in [7, 11) is -2.45. The highest BCUT2D eigenvalue weighted by atomic mass is 28.3. The van der Waals surface area contributed by atoms with Gasteiger partial charge >= 0.3 is 0 Å². The molecule has 0 spiro atoms. The number of nitrogens with zero attached hydrogens (tertiary/aromatic N) is 6. The Morgan fingerprint density at radius 2 is 1.47 bits per heavy atom. The number of nitrogens with one attached hydrogen (secondary N) is 1. The van der Waals surface area contributed by atoms with Gasteiger partial charge in [-0.15, -0.1) is 0 Å². The third-order valence-corrected chi connectivity index (χ3v) is 10.6. The molecule has 4 heterocycles. The second-order valence-corrected chi connectivity index (χ2v) is 24.6. The van der Waals surface area contributed by atoms with E-state index in [1.807, 2.05) is 53.4 Å². The van der Waals surface area contributed by atoms with Gasteiger partial charge in [0.25, 0.3) is 0 Å². The molecule has 1 N–H and O–H groups in total. The molecule has 4 aromatic heterocycles. The van der Waals surface area contributed by atoms with E-state index in [-0.39, 0.29) is 0 Å². The smallest absolute Gasteiger partial charge is 0.165 e. The van der Waals surface area contributed by atoms with Gasteiger partial charge in [-0.25, -0.2) is 4.98 Å². The molecule has 0 bridgehead atoms. The number of aromatic nitrogens is 6. The molecule has 43 heavy (non-hydrogen) atoms. The van der Waals surface area contributed by atoms with Gasteiger partial charge in [0, 0.05) is 70.1 Å². The van der Waals surface area contributed by atoms with Crippen molar-refractivity contribution in [3.8, 4) is 33.6 Å².